The number of hydrogen-bond donors (Lipinski definition) is 2. The van der Waals surface area contributed by atoms with E-state index in [0.717, 1.165) is 0 Å². The highest BCUT2D eigenvalue weighted by Crippen LogP contribution is 2.18. The predicted molar refractivity (Wildman–Crippen MR) is 72.7 cm³/mol. The molecule has 0 aromatic heterocycles. The van der Waals surface area contributed by atoms with Crippen molar-refractivity contribution in [3.05, 3.63) is 29.8 Å². The van der Waals surface area contributed by atoms with Gasteiger partial charge in [0.05, 0.1) is 7.11 Å². The number of alkyl carbamates (subject to hydrolysis) is 1. The van der Waals surface area contributed by atoms with Crippen molar-refractivity contribution in [3.63, 3.8) is 0 Å². The van der Waals surface area contributed by atoms with Gasteiger partial charge in [-0.05, 0) is 38.5 Å². The molecule has 1 rings (SSSR count). The molecule has 0 saturated heterocycles. The maximum absolute atomic E-state index is 11.6. The second-order valence-electron chi connectivity index (χ2n) is 5.19. The van der Waals surface area contributed by atoms with Crippen LogP contribution in [0.15, 0.2) is 24.3 Å². The second kappa shape index (κ2) is 6.27. The number of amides is 1. The molecule has 0 heterocycles. The van der Waals surface area contributed by atoms with Crippen molar-refractivity contribution >= 4 is 12.1 Å². The van der Waals surface area contributed by atoms with Crippen molar-refractivity contribution in [1.29, 1.82) is 0 Å². The lowest BCUT2D eigenvalue weighted by atomic mass is 10.1. The molecule has 0 fully saturated rings. The molecule has 0 radical (unpaired) electrons. The number of ether oxygens (including phenoxy) is 2. The summed E-state index contributed by atoms with van der Waals surface area (Å²) in [6.07, 6.45) is -0.777. The van der Waals surface area contributed by atoms with E-state index in [4.69, 9.17) is 9.47 Å². The molecule has 1 amide bonds. The maximum atomic E-state index is 11.6. The zero-order valence-corrected chi connectivity index (χ0v) is 12.0. The molecular weight excluding hydrogens is 262 g/mol. The molecular formula is C14H19NO5. The maximum Gasteiger partial charge on any atom is 0.408 e. The SMILES string of the molecule is COc1ccc([C@@H](NC(=O)OC(C)(C)C)C(=O)O)cc1. The van der Waals surface area contributed by atoms with Crippen LogP contribution in [-0.4, -0.2) is 29.9 Å². The fourth-order valence-corrected chi connectivity index (χ4v) is 1.51. The summed E-state index contributed by atoms with van der Waals surface area (Å²) in [6.45, 7) is 5.11. The Morgan fingerprint density at radius 3 is 2.15 bits per heavy atom. The van der Waals surface area contributed by atoms with Crippen LogP contribution >= 0.6 is 0 Å². The predicted octanol–water partition coefficient (Wildman–Crippen LogP) is 2.35. The Morgan fingerprint density at radius 2 is 1.75 bits per heavy atom. The van der Waals surface area contributed by atoms with Gasteiger partial charge in [-0.3, -0.25) is 0 Å². The number of carbonyl (C=O) groups excluding carboxylic acids is 1. The van der Waals surface area contributed by atoms with Crippen molar-refractivity contribution in [2.45, 2.75) is 32.4 Å². The number of rotatable bonds is 4. The highest BCUT2D eigenvalue weighted by Gasteiger charge is 2.25. The number of carbonyl (C=O) groups is 2. The molecule has 0 aliphatic heterocycles. The van der Waals surface area contributed by atoms with E-state index >= 15 is 0 Å². The van der Waals surface area contributed by atoms with Crippen LogP contribution in [0.2, 0.25) is 0 Å². The minimum Gasteiger partial charge on any atom is -0.497 e. The Morgan fingerprint density at radius 1 is 1.20 bits per heavy atom. The summed E-state index contributed by atoms with van der Waals surface area (Å²) in [4.78, 5) is 22.9. The molecule has 1 atom stereocenters. The van der Waals surface area contributed by atoms with Crippen LogP contribution in [0.5, 0.6) is 5.75 Å². The molecule has 0 aliphatic rings. The summed E-state index contributed by atoms with van der Waals surface area (Å²) in [5.41, 5.74) is -0.253. The van der Waals surface area contributed by atoms with Crippen molar-refractivity contribution in [2.24, 2.45) is 0 Å². The minimum absolute atomic E-state index is 0.434. The van der Waals surface area contributed by atoms with Gasteiger partial charge in [-0.25, -0.2) is 9.59 Å². The van der Waals surface area contributed by atoms with Gasteiger partial charge in [0.1, 0.15) is 11.4 Å². The average molecular weight is 281 g/mol. The summed E-state index contributed by atoms with van der Waals surface area (Å²) < 4.78 is 10.0. The fraction of sp³-hybridized carbons (Fsp3) is 0.429. The van der Waals surface area contributed by atoms with Crippen LogP contribution < -0.4 is 10.1 Å². The Hall–Kier alpha value is -2.24. The molecule has 1 aromatic rings. The van der Waals surface area contributed by atoms with Crippen molar-refractivity contribution < 1.29 is 24.2 Å². The molecule has 110 valence electrons. The van der Waals surface area contributed by atoms with Gasteiger partial charge in [-0.15, -0.1) is 0 Å². The van der Waals surface area contributed by atoms with Crippen molar-refractivity contribution in [3.8, 4) is 5.75 Å². The first-order valence-corrected chi connectivity index (χ1v) is 6.09. The quantitative estimate of drug-likeness (QED) is 0.884. The standard InChI is InChI=1S/C14H19NO5/c1-14(2,3)20-13(18)15-11(12(16)17)9-5-7-10(19-4)8-6-9/h5-8,11H,1-4H3,(H,15,18)(H,16,17)/t11-/m1/s1. The molecule has 0 bridgehead atoms. The molecule has 20 heavy (non-hydrogen) atoms. The number of carboxylic acids is 1. The van der Waals surface area contributed by atoms with E-state index in [1.807, 2.05) is 0 Å². The molecule has 0 spiro atoms. The largest absolute Gasteiger partial charge is 0.497 e. The van der Waals surface area contributed by atoms with E-state index in [1.165, 1.54) is 7.11 Å². The lowest BCUT2D eigenvalue weighted by Crippen LogP contribution is -2.38. The normalized spacial score (nSPS) is 12.4. The van der Waals surface area contributed by atoms with Gasteiger partial charge in [-0.2, -0.15) is 0 Å². The number of carboxylic acid groups (broad SMARTS) is 1. The Bertz CT molecular complexity index is 475. The van der Waals surface area contributed by atoms with E-state index in [-0.39, 0.29) is 0 Å². The van der Waals surface area contributed by atoms with Gasteiger partial charge >= 0.3 is 12.1 Å². The van der Waals surface area contributed by atoms with Crippen LogP contribution in [0.3, 0.4) is 0 Å². The molecule has 6 nitrogen and oxygen atoms in total. The first-order valence-electron chi connectivity index (χ1n) is 6.09. The zero-order valence-electron chi connectivity index (χ0n) is 12.0. The summed E-state index contributed by atoms with van der Waals surface area (Å²) in [6, 6.07) is 5.24. The number of methoxy groups -OCH3 is 1. The van der Waals surface area contributed by atoms with Gasteiger partial charge in [-0.1, -0.05) is 12.1 Å². The van der Waals surface area contributed by atoms with E-state index in [0.29, 0.717) is 11.3 Å². The topological polar surface area (TPSA) is 84.9 Å². The van der Waals surface area contributed by atoms with Crippen LogP contribution in [0.1, 0.15) is 32.4 Å². The van der Waals surface area contributed by atoms with Crippen LogP contribution in [0.4, 0.5) is 4.79 Å². The summed E-state index contributed by atoms with van der Waals surface area (Å²) in [5.74, 6) is -0.559. The van der Waals surface area contributed by atoms with E-state index in [1.54, 1.807) is 45.0 Å². The third kappa shape index (κ3) is 4.79. The number of hydrogen-bond acceptors (Lipinski definition) is 4. The molecule has 0 saturated carbocycles. The molecule has 2 N–H and O–H groups in total. The molecule has 0 unspecified atom stereocenters. The second-order valence-corrected chi connectivity index (χ2v) is 5.19. The number of nitrogens with one attached hydrogen (secondary N) is 1. The highest BCUT2D eigenvalue weighted by atomic mass is 16.6. The third-order valence-electron chi connectivity index (χ3n) is 2.36. The minimum atomic E-state index is -1.17. The van der Waals surface area contributed by atoms with Crippen LogP contribution in [0.25, 0.3) is 0 Å². The average Bonchev–Trinajstić information content (AvgIpc) is 2.34. The lowest BCUT2D eigenvalue weighted by molar-refractivity contribution is -0.139. The fourth-order valence-electron chi connectivity index (χ4n) is 1.51. The number of aliphatic carboxylic acids is 1. The highest BCUT2D eigenvalue weighted by molar-refractivity contribution is 5.81. The van der Waals surface area contributed by atoms with Gasteiger partial charge < -0.3 is 19.9 Å². The van der Waals surface area contributed by atoms with Gasteiger partial charge in [0.2, 0.25) is 0 Å². The van der Waals surface area contributed by atoms with Gasteiger partial charge in [0, 0.05) is 0 Å². The summed E-state index contributed by atoms with van der Waals surface area (Å²) >= 11 is 0. The summed E-state index contributed by atoms with van der Waals surface area (Å²) in [7, 11) is 1.52. The van der Waals surface area contributed by atoms with E-state index in [9.17, 15) is 14.7 Å². The van der Waals surface area contributed by atoms with Gasteiger partial charge in [0.25, 0.3) is 0 Å². The summed E-state index contributed by atoms with van der Waals surface area (Å²) in [5, 5.41) is 11.5. The Kier molecular flexibility index (Phi) is 4.96. The number of benzene rings is 1. The van der Waals surface area contributed by atoms with Crippen LogP contribution in [0, 0.1) is 0 Å². The smallest absolute Gasteiger partial charge is 0.408 e. The first kappa shape index (κ1) is 15.8. The van der Waals surface area contributed by atoms with Crippen LogP contribution in [-0.2, 0) is 9.53 Å². The molecule has 0 aliphatic carbocycles. The van der Waals surface area contributed by atoms with Crippen molar-refractivity contribution in [1.82, 2.24) is 5.32 Å². The third-order valence-corrected chi connectivity index (χ3v) is 2.36. The molecule has 1 aromatic carbocycles. The van der Waals surface area contributed by atoms with Gasteiger partial charge in [0.15, 0.2) is 6.04 Å². The zero-order chi connectivity index (χ0) is 15.3. The van der Waals surface area contributed by atoms with E-state index < -0.39 is 23.7 Å². The molecule has 6 heteroatoms. The Labute approximate surface area is 117 Å². The first-order chi connectivity index (χ1) is 9.23. The van der Waals surface area contributed by atoms with E-state index in [2.05, 4.69) is 5.32 Å². The Balaban J connectivity index is 2.83. The van der Waals surface area contributed by atoms with Crippen molar-refractivity contribution in [2.75, 3.05) is 7.11 Å². The monoisotopic (exact) mass is 281 g/mol. The lowest BCUT2D eigenvalue weighted by Gasteiger charge is -2.22.